The van der Waals surface area contributed by atoms with Crippen molar-refractivity contribution in [1.29, 1.82) is 0 Å². The second-order valence-electron chi connectivity index (χ2n) is 42.6. The normalized spacial score (nSPS) is 48.7. The Hall–Kier alpha value is -4.19. The van der Waals surface area contributed by atoms with Gasteiger partial charge in [0, 0.05) is 12.8 Å². The maximum Gasteiger partial charge on any atom is 0.335 e. The number of allylic oxidation sites excluding steroid dienone is 2. The van der Waals surface area contributed by atoms with E-state index >= 15 is 4.79 Å². The number of hydrogen-bond acceptors (Lipinski definition) is 45. The van der Waals surface area contributed by atoms with Crippen molar-refractivity contribution in [2.45, 2.75) is 431 Å². The predicted molar refractivity (Wildman–Crippen MR) is 458 cm³/mol. The smallest absolute Gasteiger partial charge is 0.335 e. The van der Waals surface area contributed by atoms with Crippen LogP contribution in [0.2, 0.25) is 0 Å². The fourth-order valence-electron chi connectivity index (χ4n) is 24.1. The molecule has 8 aliphatic heterocycles. The molecule has 0 amide bonds. The Bertz CT molecular complexity index is 4100. The molecule has 13 rings (SSSR count). The van der Waals surface area contributed by atoms with Gasteiger partial charge in [-0.2, -0.15) is 0 Å². The number of aldehydes is 1. The Labute approximate surface area is 797 Å². The predicted octanol–water partition coefficient (Wildman–Crippen LogP) is -5.69. The van der Waals surface area contributed by atoms with E-state index < -0.39 is 378 Å². The fraction of sp³-hybridized carbons (Fsp3) is 0.924. The van der Waals surface area contributed by atoms with Crippen molar-refractivity contribution in [2.24, 2.45) is 62.1 Å². The molecule has 8 saturated heterocycles. The van der Waals surface area contributed by atoms with E-state index in [1.807, 2.05) is 20.8 Å². The molecule has 51 atom stereocenters. The largest absolute Gasteiger partial charge is 0.479 e. The van der Waals surface area contributed by atoms with Gasteiger partial charge in [-0.3, -0.25) is 14.4 Å². The Balaban J connectivity index is 0.748. The highest BCUT2D eigenvalue weighted by molar-refractivity contribution is 5.80. The van der Waals surface area contributed by atoms with Crippen molar-refractivity contribution >= 4 is 30.2 Å². The van der Waals surface area contributed by atoms with Crippen LogP contribution in [0.4, 0.5) is 0 Å². The first-order valence-electron chi connectivity index (χ1n) is 48.3. The summed E-state index contributed by atoms with van der Waals surface area (Å²) in [6.07, 6.45) is -66.5. The molecule has 0 aromatic carbocycles. The van der Waals surface area contributed by atoms with E-state index in [1.165, 1.54) is 13.8 Å². The summed E-state index contributed by atoms with van der Waals surface area (Å²) in [5.74, 6) is -7.25. The van der Waals surface area contributed by atoms with Crippen LogP contribution in [0.25, 0.3) is 0 Å². The second kappa shape index (κ2) is 44.1. The van der Waals surface area contributed by atoms with Crippen molar-refractivity contribution in [3.05, 3.63) is 11.6 Å². The molecule has 0 aromatic heterocycles. The second-order valence-corrected chi connectivity index (χ2v) is 42.6. The maximum absolute atomic E-state index is 16.4. The quantitative estimate of drug-likeness (QED) is 0.00924. The third-order valence-corrected chi connectivity index (χ3v) is 33.3. The number of aliphatic carboxylic acids is 1. The summed E-state index contributed by atoms with van der Waals surface area (Å²) in [7, 11) is 0. The summed E-state index contributed by atoms with van der Waals surface area (Å²) >= 11 is 0. The first kappa shape index (κ1) is 111. The molecule has 4 saturated carbocycles. The van der Waals surface area contributed by atoms with Gasteiger partial charge in [0.25, 0.3) is 0 Å². The maximum atomic E-state index is 16.4. The van der Waals surface area contributed by atoms with E-state index in [0.29, 0.717) is 51.4 Å². The molecular formula is C92H148O46. The zero-order chi connectivity index (χ0) is 101. The summed E-state index contributed by atoms with van der Waals surface area (Å²) in [6, 6.07) is 0. The minimum atomic E-state index is -2.27. The number of carboxylic acids is 1. The Morgan fingerprint density at radius 3 is 1.69 bits per heavy atom. The third-order valence-electron chi connectivity index (χ3n) is 33.3. The van der Waals surface area contributed by atoms with Gasteiger partial charge in [0.1, 0.15) is 152 Å². The first-order chi connectivity index (χ1) is 64.8. The van der Waals surface area contributed by atoms with Crippen LogP contribution in [0, 0.1) is 62.1 Å². The zero-order valence-electron chi connectivity index (χ0n) is 79.7. The molecule has 5 aliphatic carbocycles. The van der Waals surface area contributed by atoms with Crippen molar-refractivity contribution < 1.29 is 227 Å². The van der Waals surface area contributed by atoms with Crippen LogP contribution in [0.15, 0.2) is 11.6 Å². The molecule has 138 heavy (non-hydrogen) atoms. The minimum Gasteiger partial charge on any atom is -0.479 e. The Morgan fingerprint density at radius 2 is 1.06 bits per heavy atom. The van der Waals surface area contributed by atoms with Crippen molar-refractivity contribution in [3.63, 3.8) is 0 Å². The zero-order valence-corrected chi connectivity index (χ0v) is 79.7. The Kier molecular flexibility index (Phi) is 35.5. The molecule has 23 N–H and O–H groups in total. The number of fused-ring (bicyclic) bond motifs is 7. The average molecular weight is 1990 g/mol. The number of aliphatic hydroxyl groups excluding tert-OH is 21. The number of hydrogen-bond donors (Lipinski definition) is 23. The van der Waals surface area contributed by atoms with Crippen LogP contribution >= 0.6 is 0 Å². The lowest BCUT2D eigenvalue weighted by atomic mass is 9.33. The summed E-state index contributed by atoms with van der Waals surface area (Å²) in [5.41, 5.74) is -7.70. The number of esters is 3. The average Bonchev–Trinajstić information content (AvgIpc) is 0.726. The highest BCUT2D eigenvalue weighted by Crippen LogP contribution is 2.76. The number of rotatable bonds is 35. The van der Waals surface area contributed by atoms with E-state index in [-0.39, 0.29) is 43.9 Å². The van der Waals surface area contributed by atoms with Crippen LogP contribution in [-0.2, 0) is 109 Å². The summed E-state index contributed by atoms with van der Waals surface area (Å²) in [6.45, 7) is 17.6. The molecular weight excluding hydrogens is 1840 g/mol. The fourth-order valence-corrected chi connectivity index (χ4v) is 24.1. The van der Waals surface area contributed by atoms with Crippen LogP contribution in [0.1, 0.15) is 179 Å². The van der Waals surface area contributed by atoms with E-state index in [2.05, 4.69) is 26.8 Å². The topological polar surface area (TPSA) is 717 Å². The first-order valence-corrected chi connectivity index (χ1v) is 48.3. The molecule has 0 radical (unpaired) electrons. The van der Waals surface area contributed by atoms with Gasteiger partial charge in [-0.1, -0.05) is 93.7 Å². The van der Waals surface area contributed by atoms with Crippen molar-refractivity contribution in [1.82, 2.24) is 0 Å². The van der Waals surface area contributed by atoms with Gasteiger partial charge in [0.2, 0.25) is 6.29 Å². The minimum absolute atomic E-state index is 0.0127. The molecule has 8 heterocycles. The molecule has 792 valence electrons. The lowest BCUT2D eigenvalue weighted by Crippen LogP contribution is -2.69. The number of aliphatic hydroxyl groups is 22. The molecule has 0 aromatic rings. The molecule has 46 nitrogen and oxygen atoms in total. The lowest BCUT2D eigenvalue weighted by molar-refractivity contribution is -0.391. The van der Waals surface area contributed by atoms with Crippen LogP contribution in [0.3, 0.4) is 0 Å². The molecule has 13 aliphatic rings. The third kappa shape index (κ3) is 21.4. The van der Waals surface area contributed by atoms with E-state index in [1.54, 1.807) is 27.7 Å². The summed E-state index contributed by atoms with van der Waals surface area (Å²) in [5, 5.41) is 256. The number of carbonyl (C=O) groups is 5. The number of carboxylic acid groups (broad SMARTS) is 1. The summed E-state index contributed by atoms with van der Waals surface area (Å²) < 4.78 is 108. The number of carbonyl (C=O) groups excluding carboxylic acids is 4. The molecule has 46 heteroatoms. The van der Waals surface area contributed by atoms with Gasteiger partial charge in [-0.05, 0) is 123 Å². The standard InChI is InChI=1S/C92H148O46/c1-13-36(3)46(126-54(102)25-41(98)24-47(37(4)14-2)127-80-62(110)58(106)49(30-94)128-80)23-40(97)26-55(103)131-69-39(6)125-82(73(65(69)113)136-79-64(112)60(108)68(38(5)124-79)132-78-67(115)70(45(100)32-122-78)133-84-75(116)91(120,34-96)35-123-84)138-85(119)92-22-21-86(7,8)27-43(92)42-15-16-51-87(9)19-18-53(88(10,33-95)50(87)17-20-89(51,11)90(42,12)28-52(92)101)130-83-74(137-81-63(111)59(107)57(105)48(29-93)129-81)71(66(114)72(135-83)76(117)118)134-77-61(109)56(104)44(99)31-121-77/h15,33,36-41,43-53,56-75,77-84,93-94,96-101,104-116,120H,13-14,16-32,34-35H2,1-12H3,(H,117,118)/t36-,37-,38?,39?,40-,41-,43?,44+,45?,46-,47-,48?,49-,50?,51?,52+,53-,56?,57-,58?,59?,60?,61?,62?,63?,64-,65?,66+,67?,68-,69+,70-,71?,72?,73?,74?,75?,77-,78+,79-,80+,81-,82-,83+,84-,87-,88-,89+,90+,91?,92+/m0/s1. The summed E-state index contributed by atoms with van der Waals surface area (Å²) in [4.78, 5) is 72.1. The highest BCUT2D eigenvalue weighted by atomic mass is 16.8. The molecule has 0 spiro atoms. The van der Waals surface area contributed by atoms with Gasteiger partial charge in [0.15, 0.2) is 62.3 Å². The van der Waals surface area contributed by atoms with Crippen molar-refractivity contribution in [2.75, 3.05) is 39.6 Å². The van der Waals surface area contributed by atoms with Crippen LogP contribution < -0.4 is 0 Å². The molecule has 0 bridgehead atoms. The SMILES string of the molecule is CC[C@H](C)[C@H](C[C@H](O)CC(=O)O[C@@H]1C(C)O[C@@H](OC(=O)[C@]23CCC(C)(C)CC2C2=CCC4[C@@]5(C)CC[C@H](O[C@@H]6OC(C(=O)O)[C@H](O)C(O[C@@H]7OC[C@@H](O)C(O)C7O)C6O[C@@H]6OC(CO)[C@H](O)C(O)C6O)[C@@](C)(C=O)C5CC[C@@]4(C)[C@]2(C)C[C@H]3O)C(O[C@@H]2OC(C)[C@H](O[C@H]3OCC(O)[C@H](O[C@@H]4OCC(O)(CO)C4O)C3O)C(O)[C@@H]2O)C1O)OC(=O)C[C@@H](O)C[C@H](O[C@@H]1O[C@@H](CO)C(O)C1O)[C@@H](C)CC. The monoisotopic (exact) mass is 1990 g/mol. The Morgan fingerprint density at radius 1 is 0.507 bits per heavy atom. The van der Waals surface area contributed by atoms with Gasteiger partial charge in [-0.25, -0.2) is 4.79 Å². The van der Waals surface area contributed by atoms with E-state index in [9.17, 15) is 137 Å². The highest BCUT2D eigenvalue weighted by Gasteiger charge is 2.74. The number of ether oxygens (including phenoxy) is 18. The lowest BCUT2D eigenvalue weighted by Gasteiger charge is -2.71. The molecule has 12 fully saturated rings. The van der Waals surface area contributed by atoms with Gasteiger partial charge in [0.05, 0.1) is 101 Å². The van der Waals surface area contributed by atoms with Crippen molar-refractivity contribution in [3.8, 4) is 0 Å². The van der Waals surface area contributed by atoms with Gasteiger partial charge >= 0.3 is 23.9 Å². The van der Waals surface area contributed by atoms with Crippen LogP contribution in [-0.4, -0.2) is 439 Å². The van der Waals surface area contributed by atoms with Gasteiger partial charge in [-0.15, -0.1) is 0 Å². The van der Waals surface area contributed by atoms with Crippen LogP contribution in [0.5, 0.6) is 0 Å². The molecule has 22 unspecified atom stereocenters. The van der Waals surface area contributed by atoms with E-state index in [4.69, 9.17) is 85.3 Å². The van der Waals surface area contributed by atoms with Gasteiger partial charge < -0.3 is 208 Å². The van der Waals surface area contributed by atoms with E-state index in [0.717, 1.165) is 11.9 Å².